The third-order valence-electron chi connectivity index (χ3n) is 13.4. The molecule has 16 heteroatoms. The van der Waals surface area contributed by atoms with Crippen LogP contribution in [0.4, 0.5) is 14.9 Å². The lowest BCUT2D eigenvalue weighted by molar-refractivity contribution is -0.384. The number of aliphatic hydroxyl groups is 2. The van der Waals surface area contributed by atoms with Gasteiger partial charge in [-0.1, -0.05) is 42.3 Å². The molecule has 3 fully saturated rings. The second-order valence-electron chi connectivity index (χ2n) is 17.7. The molecular formula is C50H61FN4O11. The van der Waals surface area contributed by atoms with Gasteiger partial charge in [0.05, 0.1) is 29.8 Å². The molecular weight excluding hydrogens is 852 g/mol. The molecule has 2 N–H and O–H groups in total. The van der Waals surface area contributed by atoms with Gasteiger partial charge in [0, 0.05) is 75.8 Å². The first-order chi connectivity index (χ1) is 32.2. The van der Waals surface area contributed by atoms with Crippen LogP contribution in [0.5, 0.6) is 17.2 Å². The van der Waals surface area contributed by atoms with Crippen LogP contribution in [0.15, 0.2) is 96.2 Å². The summed E-state index contributed by atoms with van der Waals surface area (Å²) in [4.78, 5) is 36.1. The lowest BCUT2D eigenvalue weighted by Gasteiger charge is -2.59. The molecule has 354 valence electrons. The normalized spacial score (nSPS) is 26.0. The Morgan fingerprint density at radius 1 is 1.02 bits per heavy atom. The fourth-order valence-electron chi connectivity index (χ4n) is 10.1. The molecule has 0 spiro atoms. The summed E-state index contributed by atoms with van der Waals surface area (Å²) in [7, 11) is 0. The zero-order valence-electron chi connectivity index (χ0n) is 37.3. The molecule has 66 heavy (non-hydrogen) atoms. The minimum absolute atomic E-state index is 0.0110. The van der Waals surface area contributed by atoms with Crippen LogP contribution in [-0.4, -0.2) is 108 Å². The molecule has 3 aromatic carbocycles. The molecule has 1 saturated carbocycles. The molecule has 15 nitrogen and oxygen atoms in total. The number of non-ortho nitro benzene ring substituents is 1. The summed E-state index contributed by atoms with van der Waals surface area (Å²) in [5, 5.41) is 36.4. The zero-order valence-corrected chi connectivity index (χ0v) is 37.3. The number of oxime groups is 1. The highest BCUT2D eigenvalue weighted by molar-refractivity contribution is 6.03. The largest absolute Gasteiger partial charge is 0.492 e. The topological polar surface area (TPSA) is 175 Å². The van der Waals surface area contributed by atoms with Gasteiger partial charge in [0.25, 0.3) is 5.69 Å². The summed E-state index contributed by atoms with van der Waals surface area (Å²) < 4.78 is 47.3. The molecule has 1 amide bonds. The van der Waals surface area contributed by atoms with Crippen molar-refractivity contribution >= 4 is 17.5 Å². The molecule has 3 aromatic rings. The van der Waals surface area contributed by atoms with Crippen LogP contribution in [-0.2, 0) is 20.9 Å². The van der Waals surface area contributed by atoms with Gasteiger partial charge in [0.2, 0.25) is 12.1 Å². The first-order valence-corrected chi connectivity index (χ1v) is 23.4. The van der Waals surface area contributed by atoms with E-state index >= 15 is 4.79 Å². The summed E-state index contributed by atoms with van der Waals surface area (Å²) in [5.41, 5.74) is 2.78. The van der Waals surface area contributed by atoms with Crippen LogP contribution in [0.25, 0.3) is 0 Å². The maximum Gasteiger partial charge on any atom is 0.416 e. The van der Waals surface area contributed by atoms with Crippen molar-refractivity contribution < 1.29 is 52.8 Å². The highest BCUT2D eigenvalue weighted by atomic mass is 19.1. The Morgan fingerprint density at radius 2 is 1.77 bits per heavy atom. The number of unbranched alkanes of at least 4 members (excludes halogenated alkanes) is 2. The minimum atomic E-state index is -1.61. The number of hydrogen-bond donors (Lipinski definition) is 2. The molecule has 2 saturated heterocycles. The first kappa shape index (κ1) is 47.1. The summed E-state index contributed by atoms with van der Waals surface area (Å²) in [6.07, 6.45) is 9.40. The van der Waals surface area contributed by atoms with Crippen LogP contribution in [0.3, 0.4) is 0 Å². The Labute approximate surface area is 384 Å². The molecule has 8 rings (SSSR count). The fraction of sp³-hybridized carbons (Fsp3) is 0.520. The average molecular weight is 913 g/mol. The van der Waals surface area contributed by atoms with Crippen LogP contribution in [0, 0.1) is 33.7 Å². The van der Waals surface area contributed by atoms with Crippen LogP contribution >= 0.6 is 0 Å². The number of rotatable bonds is 22. The molecule has 7 atom stereocenters. The molecule has 3 aliphatic heterocycles. The van der Waals surface area contributed by atoms with Crippen LogP contribution in [0.1, 0.15) is 81.3 Å². The smallest absolute Gasteiger partial charge is 0.416 e. The Balaban J connectivity index is 1.31. The number of fused-ring (bicyclic) bond motifs is 2. The third kappa shape index (κ3) is 10.9. The van der Waals surface area contributed by atoms with Gasteiger partial charge < -0.3 is 38.7 Å². The van der Waals surface area contributed by atoms with Crippen molar-refractivity contribution in [2.45, 2.75) is 94.8 Å². The number of allylic oxidation sites excluding steroid dienone is 1. The standard InChI is InChI=1S/C50H61FN4O11/c1-2-27-63-50-45(54(33-34-12-14-36(51)15-13-34)49(58)64-38-18-16-37(17-19-38)55(59)60)32-43(52-66-46-11-5-8-28-62-46)41-30-35(9-3-6-25-56)40(10-4-7-26-57)47(48(41)50)42-31-39(20-21-44(42)65-50)61-29-24-53-22-23-53/h2,12-21,30-31,35,40,45-48,56-57H,1,3-11,22-29,32-33H2/t35-,40+,45-,46?,47+,48+,50+/m0/s1. The maximum absolute atomic E-state index is 15.0. The van der Waals surface area contributed by atoms with Crippen molar-refractivity contribution in [3.63, 3.8) is 0 Å². The van der Waals surface area contributed by atoms with E-state index in [4.69, 9.17) is 33.7 Å². The van der Waals surface area contributed by atoms with E-state index in [1.807, 2.05) is 12.1 Å². The number of nitro benzene ring substituents is 1. The van der Waals surface area contributed by atoms with E-state index in [1.54, 1.807) is 18.2 Å². The number of carbonyl (C=O) groups excluding carboxylic acids is 1. The lowest BCUT2D eigenvalue weighted by Crippen LogP contribution is -2.70. The van der Waals surface area contributed by atoms with Crippen molar-refractivity contribution in [2.24, 2.45) is 22.9 Å². The minimum Gasteiger partial charge on any atom is -0.492 e. The van der Waals surface area contributed by atoms with Crippen molar-refractivity contribution in [2.75, 3.05) is 52.7 Å². The van der Waals surface area contributed by atoms with E-state index in [2.05, 4.69) is 23.6 Å². The summed E-state index contributed by atoms with van der Waals surface area (Å²) in [5.74, 6) is -1.65. The zero-order chi connectivity index (χ0) is 46.0. The van der Waals surface area contributed by atoms with E-state index in [1.165, 1.54) is 41.3 Å². The van der Waals surface area contributed by atoms with Gasteiger partial charge in [-0.05, 0) is 104 Å². The van der Waals surface area contributed by atoms with Gasteiger partial charge in [-0.15, -0.1) is 6.58 Å². The number of nitro groups is 1. The number of benzene rings is 3. The van der Waals surface area contributed by atoms with Gasteiger partial charge in [-0.25, -0.2) is 9.18 Å². The summed E-state index contributed by atoms with van der Waals surface area (Å²) in [6.45, 7) is 8.09. The van der Waals surface area contributed by atoms with E-state index in [0.29, 0.717) is 55.3 Å². The first-order valence-electron chi connectivity index (χ1n) is 23.4. The Bertz CT molecular complexity index is 2200. The van der Waals surface area contributed by atoms with Crippen LogP contribution < -0.4 is 14.2 Å². The molecule has 2 aliphatic carbocycles. The van der Waals surface area contributed by atoms with Gasteiger partial charge in [0.1, 0.15) is 35.7 Å². The number of ether oxygens (including phenoxy) is 5. The quantitative estimate of drug-likeness (QED) is 0.0325. The molecule has 0 radical (unpaired) electrons. The number of halogens is 1. The predicted molar refractivity (Wildman–Crippen MR) is 243 cm³/mol. The maximum atomic E-state index is 15.0. The average Bonchev–Trinajstić information content (AvgIpc) is 4.16. The predicted octanol–water partition coefficient (Wildman–Crippen LogP) is 8.29. The fourth-order valence-corrected chi connectivity index (χ4v) is 10.1. The highest BCUT2D eigenvalue weighted by Gasteiger charge is 2.66. The summed E-state index contributed by atoms with van der Waals surface area (Å²) in [6, 6.07) is 16.0. The van der Waals surface area contributed by atoms with E-state index < -0.39 is 40.9 Å². The molecule has 1 unspecified atom stereocenters. The van der Waals surface area contributed by atoms with Crippen molar-refractivity contribution in [1.82, 2.24) is 9.80 Å². The van der Waals surface area contributed by atoms with Crippen molar-refractivity contribution in [3.8, 4) is 17.2 Å². The van der Waals surface area contributed by atoms with Crippen molar-refractivity contribution in [1.29, 1.82) is 0 Å². The highest BCUT2D eigenvalue weighted by Crippen LogP contribution is 2.62. The number of carbonyl (C=O) groups is 1. The molecule has 5 aliphatic rings. The van der Waals surface area contributed by atoms with Gasteiger partial charge >= 0.3 is 6.09 Å². The van der Waals surface area contributed by atoms with Gasteiger partial charge in [-0.2, -0.15) is 0 Å². The van der Waals surface area contributed by atoms with Crippen LogP contribution in [0.2, 0.25) is 0 Å². The van der Waals surface area contributed by atoms with Gasteiger partial charge in [0.15, 0.2) is 0 Å². The van der Waals surface area contributed by atoms with Crippen molar-refractivity contribution in [3.05, 3.63) is 118 Å². The Hall–Kier alpha value is -5.39. The number of aliphatic hydroxyl groups excluding tert-OH is 2. The van der Waals surface area contributed by atoms with E-state index in [-0.39, 0.29) is 62.0 Å². The second kappa shape index (κ2) is 21.9. The Morgan fingerprint density at radius 3 is 2.47 bits per heavy atom. The molecule has 0 bridgehead atoms. The lowest BCUT2D eigenvalue weighted by atomic mass is 9.55. The number of nitrogens with zero attached hydrogens (tertiary/aromatic N) is 4. The molecule has 0 aromatic heterocycles. The van der Waals surface area contributed by atoms with E-state index in [9.17, 15) is 24.7 Å². The monoisotopic (exact) mass is 912 g/mol. The second-order valence-corrected chi connectivity index (χ2v) is 17.7. The SMILES string of the molecule is C=CCO[C@@]12Oc3ccc(OCCN4CC4)cc3[C@H]3[C@H](CCCCO)[C@@H](CCCCO)C=C(C(=NOC4CCCCO4)C[C@@H]1N(Cc1ccc(F)cc1)C(=O)Oc1ccc([N+](=O)[O-])cc1)[C@H]32. The third-order valence-corrected chi connectivity index (χ3v) is 13.4. The Kier molecular flexibility index (Phi) is 15.7. The number of hydrogen-bond acceptors (Lipinski definition) is 13. The van der Waals surface area contributed by atoms with E-state index in [0.717, 1.165) is 69.3 Å². The molecule has 3 heterocycles. The number of amides is 1. The van der Waals surface area contributed by atoms with Gasteiger partial charge in [-0.3, -0.25) is 19.9 Å². The summed E-state index contributed by atoms with van der Waals surface area (Å²) >= 11 is 0.